The van der Waals surface area contributed by atoms with Crippen molar-refractivity contribution in [3.05, 3.63) is 18.2 Å². The Morgan fingerprint density at radius 1 is 1.79 bits per heavy atom. The zero-order valence-electron chi connectivity index (χ0n) is 8.02. The predicted molar refractivity (Wildman–Crippen MR) is 56.9 cm³/mol. The van der Waals surface area contributed by atoms with Gasteiger partial charge in [-0.2, -0.15) is 0 Å². The first-order valence-corrected chi connectivity index (χ1v) is 4.49. The molecule has 0 radical (unpaired) electrons. The molecule has 0 bridgehead atoms. The zero-order chi connectivity index (χ0) is 10.7. The van der Waals surface area contributed by atoms with Crippen LogP contribution in [0.1, 0.15) is 17.4 Å². The number of thiocarbonyl (C=S) groups is 1. The van der Waals surface area contributed by atoms with Gasteiger partial charge < -0.3 is 15.6 Å². The summed E-state index contributed by atoms with van der Waals surface area (Å²) in [5, 5.41) is 2.66. The van der Waals surface area contributed by atoms with Gasteiger partial charge in [-0.15, -0.1) is 0 Å². The van der Waals surface area contributed by atoms with E-state index in [1.807, 2.05) is 0 Å². The summed E-state index contributed by atoms with van der Waals surface area (Å²) in [5.74, 6) is -0.231. The first-order chi connectivity index (χ1) is 6.52. The van der Waals surface area contributed by atoms with Crippen molar-refractivity contribution in [1.82, 2.24) is 14.9 Å². The summed E-state index contributed by atoms with van der Waals surface area (Å²) in [6.07, 6.45) is 3.04. The Bertz CT molecular complexity index is 360. The smallest absolute Gasteiger partial charge is 0.270 e. The third kappa shape index (κ3) is 2.29. The lowest BCUT2D eigenvalue weighted by Gasteiger charge is -2.11. The Balaban J connectivity index is 2.69. The van der Waals surface area contributed by atoms with Gasteiger partial charge in [0.1, 0.15) is 5.69 Å². The fourth-order valence-electron chi connectivity index (χ4n) is 0.918. The van der Waals surface area contributed by atoms with Crippen LogP contribution >= 0.6 is 12.2 Å². The second kappa shape index (κ2) is 4.19. The van der Waals surface area contributed by atoms with Gasteiger partial charge in [-0.3, -0.25) is 4.79 Å². The molecule has 0 spiro atoms. The second-order valence-electron chi connectivity index (χ2n) is 2.99. The highest BCUT2D eigenvalue weighted by Gasteiger charge is 2.13. The number of carbonyl (C=O) groups excluding carboxylic acids is 1. The number of rotatable bonds is 3. The Hall–Kier alpha value is -1.43. The van der Waals surface area contributed by atoms with Crippen LogP contribution in [0.5, 0.6) is 0 Å². The average molecular weight is 212 g/mol. The summed E-state index contributed by atoms with van der Waals surface area (Å²) in [6.45, 7) is 1.73. The Morgan fingerprint density at radius 2 is 2.43 bits per heavy atom. The van der Waals surface area contributed by atoms with Gasteiger partial charge in [-0.1, -0.05) is 12.2 Å². The van der Waals surface area contributed by atoms with E-state index in [4.69, 9.17) is 18.0 Å². The molecule has 0 aliphatic heterocycles. The molecule has 1 amide bonds. The SMILES string of the molecule is CC(NC(=O)c1cncn1C)C(N)=S. The highest BCUT2D eigenvalue weighted by Crippen LogP contribution is 1.96. The average Bonchev–Trinajstić information content (AvgIpc) is 2.51. The van der Waals surface area contributed by atoms with E-state index in [1.54, 1.807) is 24.9 Å². The maximum Gasteiger partial charge on any atom is 0.270 e. The van der Waals surface area contributed by atoms with Crippen molar-refractivity contribution in [2.75, 3.05) is 0 Å². The second-order valence-corrected chi connectivity index (χ2v) is 3.46. The molecule has 0 aromatic carbocycles. The number of imidazole rings is 1. The van der Waals surface area contributed by atoms with Gasteiger partial charge in [0.25, 0.3) is 5.91 Å². The number of aromatic nitrogens is 2. The lowest BCUT2D eigenvalue weighted by Crippen LogP contribution is -2.41. The topological polar surface area (TPSA) is 72.9 Å². The maximum atomic E-state index is 11.6. The van der Waals surface area contributed by atoms with Crippen molar-refractivity contribution >= 4 is 23.1 Å². The molecule has 1 heterocycles. The molecule has 1 aromatic heterocycles. The molecule has 6 heteroatoms. The lowest BCUT2D eigenvalue weighted by molar-refractivity contribution is 0.0941. The number of amides is 1. The number of hydrogen-bond donors (Lipinski definition) is 2. The Labute approximate surface area is 87.3 Å². The van der Waals surface area contributed by atoms with Crippen LogP contribution in [0.25, 0.3) is 0 Å². The van der Waals surface area contributed by atoms with E-state index < -0.39 is 0 Å². The first kappa shape index (κ1) is 10.6. The van der Waals surface area contributed by atoms with Crippen LogP contribution in [-0.2, 0) is 7.05 Å². The Kier molecular flexibility index (Phi) is 3.19. The van der Waals surface area contributed by atoms with E-state index >= 15 is 0 Å². The molecular weight excluding hydrogens is 200 g/mol. The summed E-state index contributed by atoms with van der Waals surface area (Å²) < 4.78 is 1.63. The maximum absolute atomic E-state index is 11.6. The molecule has 3 N–H and O–H groups in total. The first-order valence-electron chi connectivity index (χ1n) is 4.09. The molecule has 14 heavy (non-hydrogen) atoms. The fourth-order valence-corrected chi connectivity index (χ4v) is 0.977. The van der Waals surface area contributed by atoms with E-state index in [2.05, 4.69) is 10.3 Å². The normalized spacial score (nSPS) is 12.1. The highest BCUT2D eigenvalue weighted by molar-refractivity contribution is 7.80. The molecular formula is C8H12N4OS. The standard InChI is InChI=1S/C8H12N4OS/c1-5(7(9)14)11-8(13)6-3-10-4-12(6)2/h3-5H,1-2H3,(H2,9,14)(H,11,13). The molecule has 0 saturated heterocycles. The Morgan fingerprint density at radius 3 is 2.86 bits per heavy atom. The quantitative estimate of drug-likeness (QED) is 0.682. The molecule has 1 atom stereocenters. The van der Waals surface area contributed by atoms with Gasteiger partial charge in [0.2, 0.25) is 0 Å². The van der Waals surface area contributed by atoms with E-state index in [9.17, 15) is 4.79 Å². The molecule has 1 aromatic rings. The number of hydrogen-bond acceptors (Lipinski definition) is 3. The number of nitrogens with one attached hydrogen (secondary N) is 1. The summed E-state index contributed by atoms with van der Waals surface area (Å²) in [5.41, 5.74) is 5.85. The number of aryl methyl sites for hydroxylation is 1. The van der Waals surface area contributed by atoms with E-state index in [1.165, 1.54) is 6.20 Å². The molecule has 0 saturated carbocycles. The number of nitrogens with zero attached hydrogens (tertiary/aromatic N) is 2. The van der Waals surface area contributed by atoms with Crippen molar-refractivity contribution in [1.29, 1.82) is 0 Å². The summed E-state index contributed by atoms with van der Waals surface area (Å²) in [6, 6.07) is -0.313. The van der Waals surface area contributed by atoms with Gasteiger partial charge in [0.05, 0.1) is 23.6 Å². The molecule has 0 aliphatic carbocycles. The third-order valence-corrected chi connectivity index (χ3v) is 2.18. The van der Waals surface area contributed by atoms with Crippen molar-refractivity contribution in [3.8, 4) is 0 Å². The van der Waals surface area contributed by atoms with Crippen LogP contribution < -0.4 is 11.1 Å². The van der Waals surface area contributed by atoms with Crippen LogP contribution in [-0.4, -0.2) is 26.5 Å². The van der Waals surface area contributed by atoms with E-state index in [0.717, 1.165) is 0 Å². The van der Waals surface area contributed by atoms with Gasteiger partial charge in [-0.05, 0) is 6.92 Å². The summed E-state index contributed by atoms with van der Waals surface area (Å²) in [4.78, 5) is 15.7. The van der Waals surface area contributed by atoms with Crippen molar-refractivity contribution in [2.45, 2.75) is 13.0 Å². The lowest BCUT2D eigenvalue weighted by atomic mass is 10.3. The minimum Gasteiger partial charge on any atom is -0.392 e. The van der Waals surface area contributed by atoms with E-state index in [0.29, 0.717) is 5.69 Å². The molecule has 76 valence electrons. The predicted octanol–water partition coefficient (Wildman–Crippen LogP) is -0.175. The third-order valence-electron chi connectivity index (χ3n) is 1.82. The van der Waals surface area contributed by atoms with E-state index in [-0.39, 0.29) is 16.9 Å². The summed E-state index contributed by atoms with van der Waals surface area (Å²) in [7, 11) is 1.74. The zero-order valence-corrected chi connectivity index (χ0v) is 8.84. The van der Waals surface area contributed by atoms with Crippen molar-refractivity contribution < 1.29 is 4.79 Å². The van der Waals surface area contributed by atoms with Crippen LogP contribution in [0.3, 0.4) is 0 Å². The number of nitrogens with two attached hydrogens (primary N) is 1. The van der Waals surface area contributed by atoms with Gasteiger partial charge in [-0.25, -0.2) is 4.98 Å². The molecule has 1 rings (SSSR count). The number of carbonyl (C=O) groups is 1. The van der Waals surface area contributed by atoms with Crippen LogP contribution in [0, 0.1) is 0 Å². The van der Waals surface area contributed by atoms with Gasteiger partial charge in [0.15, 0.2) is 0 Å². The van der Waals surface area contributed by atoms with Crippen molar-refractivity contribution in [3.63, 3.8) is 0 Å². The van der Waals surface area contributed by atoms with Gasteiger partial charge in [0, 0.05) is 7.05 Å². The minimum absolute atomic E-state index is 0.231. The van der Waals surface area contributed by atoms with Crippen molar-refractivity contribution in [2.24, 2.45) is 12.8 Å². The molecule has 5 nitrogen and oxygen atoms in total. The van der Waals surface area contributed by atoms with Gasteiger partial charge >= 0.3 is 0 Å². The minimum atomic E-state index is -0.313. The molecule has 0 aliphatic rings. The fraction of sp³-hybridized carbons (Fsp3) is 0.375. The van der Waals surface area contributed by atoms with Crippen LogP contribution in [0.15, 0.2) is 12.5 Å². The summed E-state index contributed by atoms with van der Waals surface area (Å²) >= 11 is 4.74. The largest absolute Gasteiger partial charge is 0.392 e. The monoisotopic (exact) mass is 212 g/mol. The van der Waals surface area contributed by atoms with Crippen LogP contribution in [0.4, 0.5) is 0 Å². The highest BCUT2D eigenvalue weighted by atomic mass is 32.1. The molecule has 1 unspecified atom stereocenters. The molecule has 0 fully saturated rings. The van der Waals surface area contributed by atoms with Crippen LogP contribution in [0.2, 0.25) is 0 Å².